The van der Waals surface area contributed by atoms with Crippen LogP contribution in [0.15, 0.2) is 133 Å². The van der Waals surface area contributed by atoms with E-state index in [1.807, 2.05) is 60.7 Å². The van der Waals surface area contributed by atoms with E-state index < -0.39 is 0 Å². The first-order valence-corrected chi connectivity index (χ1v) is 19.2. The lowest BCUT2D eigenvalue weighted by molar-refractivity contribution is 0.660. The molecule has 7 aromatic carbocycles. The minimum Gasteiger partial charge on any atom is -0.308 e. The number of aromatic nitrogens is 5. The van der Waals surface area contributed by atoms with Gasteiger partial charge >= 0.3 is 0 Å². The quantitative estimate of drug-likeness (QED) is 0.220. The van der Waals surface area contributed by atoms with Gasteiger partial charge in [-0.2, -0.15) is 9.97 Å². The lowest BCUT2D eigenvalue weighted by Crippen LogP contribution is -2.56. The van der Waals surface area contributed by atoms with E-state index >= 15 is 0 Å². The van der Waals surface area contributed by atoms with Gasteiger partial charge in [-0.05, 0) is 34.4 Å². The van der Waals surface area contributed by atoms with Gasteiger partial charge in [0.1, 0.15) is 39.2 Å². The average Bonchev–Trinajstić information content (AvgIpc) is 3.86. The number of hydrogen-bond donors (Lipinski definition) is 0. The maximum atomic E-state index is 6.86. The van der Waals surface area contributed by atoms with E-state index in [9.17, 15) is 0 Å². The van der Waals surface area contributed by atoms with Crippen molar-refractivity contribution in [2.75, 3.05) is 0 Å². The summed E-state index contributed by atoms with van der Waals surface area (Å²) in [5.74, 6) is 1.58. The highest BCUT2D eigenvalue weighted by Gasteiger charge is 2.37. The molecule has 0 bridgehead atoms. The summed E-state index contributed by atoms with van der Waals surface area (Å²) in [4.78, 5) is 16.0. The summed E-state index contributed by atoms with van der Waals surface area (Å²) < 4.78 is 4.19. The molecule has 0 fully saturated rings. The van der Waals surface area contributed by atoms with E-state index in [-0.39, 0.29) is 32.7 Å². The fourth-order valence-electron chi connectivity index (χ4n) is 9.26. The summed E-state index contributed by atoms with van der Waals surface area (Å²) in [6.07, 6.45) is 0. The fourth-order valence-corrected chi connectivity index (χ4v) is 9.26. The number of nitrogens with zero attached hydrogens (tertiary/aromatic N) is 5. The molecule has 0 amide bonds. The molecule has 58 heavy (non-hydrogen) atoms. The van der Waals surface area contributed by atoms with Crippen LogP contribution in [-0.4, -0.2) is 63.3 Å². The largest absolute Gasteiger partial charge is 0.308 e. The Kier molecular flexibility index (Phi) is 7.47. The van der Waals surface area contributed by atoms with Crippen LogP contribution in [0.1, 0.15) is 25.0 Å². The molecule has 11 rings (SSSR count). The van der Waals surface area contributed by atoms with Crippen LogP contribution in [0.5, 0.6) is 0 Å². The van der Waals surface area contributed by atoms with Crippen molar-refractivity contribution in [3.05, 3.63) is 145 Å². The average molecular weight is 729 g/mol. The first-order chi connectivity index (χ1) is 28.1. The molecule has 3 aromatic heterocycles. The smallest absolute Gasteiger partial charge is 0.238 e. The zero-order valence-corrected chi connectivity index (χ0v) is 31.8. The molecule has 0 saturated carbocycles. The fraction of sp³-hybridized carbons (Fsp3) is 0.0625. The number of benzene rings is 7. The minimum atomic E-state index is -0.204. The molecule has 0 spiro atoms. The maximum absolute atomic E-state index is 6.86. The van der Waals surface area contributed by atoms with Gasteiger partial charge in [-0.1, -0.05) is 146 Å². The van der Waals surface area contributed by atoms with Crippen molar-refractivity contribution in [3.63, 3.8) is 0 Å². The summed E-state index contributed by atoms with van der Waals surface area (Å²) in [5, 5.41) is 3.97. The van der Waals surface area contributed by atoms with Crippen molar-refractivity contribution in [1.29, 1.82) is 0 Å². The molecule has 10 radical (unpaired) electrons. The Morgan fingerprint density at radius 2 is 0.948 bits per heavy atom. The lowest BCUT2D eigenvalue weighted by Gasteiger charge is -2.23. The van der Waals surface area contributed by atoms with E-state index in [0.29, 0.717) is 23.3 Å². The van der Waals surface area contributed by atoms with Crippen molar-refractivity contribution < 1.29 is 0 Å². The highest BCUT2D eigenvalue weighted by Crippen LogP contribution is 2.51. The molecule has 0 saturated heterocycles. The minimum absolute atomic E-state index is 0.156. The van der Waals surface area contributed by atoms with E-state index in [1.165, 1.54) is 16.7 Å². The zero-order valence-electron chi connectivity index (χ0n) is 31.8. The van der Waals surface area contributed by atoms with Crippen LogP contribution in [0.25, 0.3) is 89.2 Å². The van der Waals surface area contributed by atoms with Crippen molar-refractivity contribution in [1.82, 2.24) is 24.1 Å². The van der Waals surface area contributed by atoms with Gasteiger partial charge in [0.2, 0.25) is 5.95 Å². The molecule has 10 heteroatoms. The molecule has 260 valence electrons. The normalized spacial score (nSPS) is 13.1. The third kappa shape index (κ3) is 4.69. The molecule has 1 aliphatic rings. The van der Waals surface area contributed by atoms with Gasteiger partial charge in [-0.15, -0.1) is 16.4 Å². The molecular weight excluding hydrogens is 701 g/mol. The van der Waals surface area contributed by atoms with Gasteiger partial charge in [-0.25, -0.2) is 4.98 Å². The topological polar surface area (TPSA) is 48.5 Å². The molecular formula is C48H28B5N5. The molecule has 0 aliphatic heterocycles. The number of para-hydroxylation sites is 2. The van der Waals surface area contributed by atoms with Crippen LogP contribution in [0.4, 0.5) is 0 Å². The summed E-state index contributed by atoms with van der Waals surface area (Å²) in [6, 6.07) is 45.9. The van der Waals surface area contributed by atoms with Crippen LogP contribution in [-0.2, 0) is 5.41 Å². The molecule has 3 heterocycles. The Balaban J connectivity index is 1.31. The Bertz CT molecular complexity index is 3360. The lowest BCUT2D eigenvalue weighted by atomic mass is 9.61. The number of hydrogen-bond acceptors (Lipinski definition) is 3. The predicted molar refractivity (Wildman–Crippen MR) is 244 cm³/mol. The van der Waals surface area contributed by atoms with Crippen LogP contribution in [0.2, 0.25) is 0 Å². The van der Waals surface area contributed by atoms with Gasteiger partial charge in [-0.3, -0.25) is 4.57 Å². The molecule has 10 aromatic rings. The number of rotatable bonds is 4. The first-order valence-electron chi connectivity index (χ1n) is 19.2. The highest BCUT2D eigenvalue weighted by atomic mass is 15.2. The van der Waals surface area contributed by atoms with Gasteiger partial charge in [0.05, 0.1) is 22.1 Å². The van der Waals surface area contributed by atoms with Crippen LogP contribution < -0.4 is 27.3 Å². The van der Waals surface area contributed by atoms with Crippen LogP contribution in [0, 0.1) is 0 Å². The van der Waals surface area contributed by atoms with Crippen molar-refractivity contribution in [3.8, 4) is 45.5 Å². The van der Waals surface area contributed by atoms with Gasteiger partial charge < -0.3 is 4.57 Å². The summed E-state index contributed by atoms with van der Waals surface area (Å²) in [5.41, 5.74) is 11.3. The third-order valence-corrected chi connectivity index (χ3v) is 12.1. The molecule has 0 unspecified atom stereocenters. The van der Waals surface area contributed by atoms with Crippen LogP contribution >= 0.6 is 0 Å². The molecule has 0 atom stereocenters. The van der Waals surface area contributed by atoms with E-state index in [1.54, 1.807) is 0 Å². The predicted octanol–water partition coefficient (Wildman–Crippen LogP) is 5.68. The molecule has 1 aliphatic carbocycles. The third-order valence-electron chi connectivity index (χ3n) is 12.1. The first kappa shape index (κ1) is 34.7. The van der Waals surface area contributed by atoms with Crippen molar-refractivity contribution in [2.24, 2.45) is 0 Å². The summed E-state index contributed by atoms with van der Waals surface area (Å²) in [6.45, 7) is 4.56. The van der Waals surface area contributed by atoms with Gasteiger partial charge in [0, 0.05) is 43.8 Å². The second-order valence-corrected chi connectivity index (χ2v) is 15.5. The molecule has 0 N–H and O–H groups in total. The Morgan fingerprint density at radius 3 is 1.64 bits per heavy atom. The zero-order chi connectivity index (χ0) is 39.6. The maximum Gasteiger partial charge on any atom is 0.238 e. The van der Waals surface area contributed by atoms with Crippen molar-refractivity contribution >= 4 is 110 Å². The monoisotopic (exact) mass is 729 g/mol. The SMILES string of the molecule is [B]c1c([B])c([B])c(-n2c3ccccc3c3ccc4c5ccccc5n(-c5nc(-c6ccccc6)nc(-c6cccc7c6-c6ccccc6C7(C)C)n5)c4c32)c([B])c1[B]. The van der Waals surface area contributed by atoms with Crippen LogP contribution in [0.3, 0.4) is 0 Å². The van der Waals surface area contributed by atoms with E-state index in [4.69, 9.17) is 54.2 Å². The Morgan fingerprint density at radius 1 is 0.431 bits per heavy atom. The number of fused-ring (bicyclic) bond motifs is 10. The second-order valence-electron chi connectivity index (χ2n) is 15.5. The van der Waals surface area contributed by atoms with Gasteiger partial charge in [0.25, 0.3) is 0 Å². The van der Waals surface area contributed by atoms with Gasteiger partial charge in [0.15, 0.2) is 11.6 Å². The second kappa shape index (κ2) is 12.5. The van der Waals surface area contributed by atoms with Crippen molar-refractivity contribution in [2.45, 2.75) is 19.3 Å². The Labute approximate surface area is 342 Å². The van der Waals surface area contributed by atoms with E-state index in [2.05, 4.69) is 95.8 Å². The highest BCUT2D eigenvalue weighted by molar-refractivity contribution is 6.68. The van der Waals surface area contributed by atoms with E-state index in [0.717, 1.165) is 60.3 Å². The Hall–Kier alpha value is -6.53. The summed E-state index contributed by atoms with van der Waals surface area (Å²) >= 11 is 0. The standard InChI is InChI=1S/C48H28B5N5/c1-48(2)32-19-9-6-17-30(32)36-31(18-12-20-33(36)48)46-54-45(25-13-4-3-5-14-25)55-47(56-46)58-35-22-11-8-16-27(35)29-24-23-28-26-15-7-10-21-34(26)57(42(28)43(29)58)44-40(52)38(50)37(49)39(51)41(44)53/h3-24H,1-2H3. The molecule has 5 nitrogen and oxygen atoms in total. The summed E-state index contributed by atoms with van der Waals surface area (Å²) in [7, 11) is 33.1.